The molecule has 0 atom stereocenters. The van der Waals surface area contributed by atoms with Crippen LogP contribution in [0.1, 0.15) is 21.9 Å². The zero-order valence-electron chi connectivity index (χ0n) is 11.4. The van der Waals surface area contributed by atoms with Crippen molar-refractivity contribution in [3.05, 3.63) is 59.8 Å². The van der Waals surface area contributed by atoms with E-state index in [0.717, 1.165) is 23.4 Å². The van der Waals surface area contributed by atoms with Crippen LogP contribution >= 0.6 is 0 Å². The summed E-state index contributed by atoms with van der Waals surface area (Å²) < 4.78 is 1.99. The highest BCUT2D eigenvalue weighted by molar-refractivity contribution is 5.86. The Bertz CT molecular complexity index is 771. The molecule has 0 saturated heterocycles. The summed E-state index contributed by atoms with van der Waals surface area (Å²) >= 11 is 0. The number of hydrogen-bond donors (Lipinski definition) is 2. The zero-order valence-corrected chi connectivity index (χ0v) is 11.4. The lowest BCUT2D eigenvalue weighted by atomic mass is 10.1. The van der Waals surface area contributed by atoms with E-state index in [1.807, 2.05) is 42.1 Å². The van der Waals surface area contributed by atoms with Crippen molar-refractivity contribution in [2.24, 2.45) is 7.05 Å². The molecule has 0 radical (unpaired) electrons. The number of benzene rings is 1. The van der Waals surface area contributed by atoms with Crippen molar-refractivity contribution in [2.45, 2.75) is 6.42 Å². The van der Waals surface area contributed by atoms with E-state index in [2.05, 4.69) is 15.2 Å². The monoisotopic (exact) mass is 282 g/mol. The number of hydrogen-bond acceptors (Lipinski definition) is 3. The van der Waals surface area contributed by atoms with E-state index in [9.17, 15) is 4.79 Å². The number of H-pyrrole nitrogens is 1. The maximum atomic E-state index is 10.8. The van der Waals surface area contributed by atoms with Crippen LogP contribution in [0.5, 0.6) is 0 Å². The zero-order chi connectivity index (χ0) is 14.8. The molecule has 3 rings (SSSR count). The van der Waals surface area contributed by atoms with Gasteiger partial charge < -0.3 is 9.67 Å². The van der Waals surface area contributed by atoms with Gasteiger partial charge in [-0.25, -0.2) is 9.78 Å². The predicted octanol–water partition coefficient (Wildman–Crippen LogP) is 2.10. The number of carboxylic acids is 1. The average Bonchev–Trinajstić information content (AvgIpc) is 3.10. The van der Waals surface area contributed by atoms with Crippen LogP contribution in [-0.2, 0) is 13.5 Å². The van der Waals surface area contributed by atoms with Crippen molar-refractivity contribution in [2.75, 3.05) is 0 Å². The number of aromatic carboxylic acids is 1. The quantitative estimate of drug-likeness (QED) is 0.767. The minimum absolute atomic E-state index is 0.0853. The van der Waals surface area contributed by atoms with Crippen LogP contribution in [0.2, 0.25) is 0 Å². The molecule has 0 fully saturated rings. The van der Waals surface area contributed by atoms with Crippen molar-refractivity contribution < 1.29 is 9.90 Å². The molecular formula is C15H14N4O2. The lowest BCUT2D eigenvalue weighted by Gasteiger charge is -2.03. The Morgan fingerprint density at radius 2 is 2.10 bits per heavy atom. The van der Waals surface area contributed by atoms with Gasteiger partial charge in [0.1, 0.15) is 11.5 Å². The Hall–Kier alpha value is -2.89. The molecule has 6 heteroatoms. The maximum absolute atomic E-state index is 10.8. The minimum Gasteiger partial charge on any atom is -0.477 e. The first-order chi connectivity index (χ1) is 10.1. The fraction of sp³-hybridized carbons (Fsp3) is 0.133. The standard InChI is InChI=1S/C15H14N4O2/c1-19-7-6-16-14(19)8-10-2-4-11(5-3-10)12-9-13(15(20)21)18-17-12/h2-7,9H,8H2,1H3,(H,17,18)(H,20,21). The molecule has 0 saturated carbocycles. The van der Waals surface area contributed by atoms with E-state index in [0.29, 0.717) is 5.69 Å². The van der Waals surface area contributed by atoms with Crippen molar-refractivity contribution in [1.29, 1.82) is 0 Å². The summed E-state index contributed by atoms with van der Waals surface area (Å²) in [6.07, 6.45) is 4.45. The molecular weight excluding hydrogens is 268 g/mol. The van der Waals surface area contributed by atoms with Gasteiger partial charge in [0.2, 0.25) is 0 Å². The molecule has 0 unspecified atom stereocenters. The fourth-order valence-corrected chi connectivity index (χ4v) is 2.12. The third-order valence-electron chi connectivity index (χ3n) is 3.34. The van der Waals surface area contributed by atoms with Crippen LogP contribution in [0.15, 0.2) is 42.7 Å². The van der Waals surface area contributed by atoms with Gasteiger partial charge in [-0.2, -0.15) is 5.10 Å². The van der Waals surface area contributed by atoms with Gasteiger partial charge in [-0.05, 0) is 11.6 Å². The molecule has 3 aromatic rings. The Balaban J connectivity index is 1.80. The van der Waals surface area contributed by atoms with Crippen molar-refractivity contribution in [1.82, 2.24) is 19.7 Å². The number of nitrogens with zero attached hydrogens (tertiary/aromatic N) is 3. The van der Waals surface area contributed by atoms with Crippen LogP contribution in [0, 0.1) is 0 Å². The number of rotatable bonds is 4. The molecule has 2 heterocycles. The third kappa shape index (κ3) is 2.69. The summed E-state index contributed by atoms with van der Waals surface area (Å²) in [5.41, 5.74) is 2.72. The highest BCUT2D eigenvalue weighted by atomic mass is 16.4. The number of nitrogens with one attached hydrogen (secondary N) is 1. The van der Waals surface area contributed by atoms with Gasteiger partial charge in [-0.3, -0.25) is 5.10 Å². The molecule has 6 nitrogen and oxygen atoms in total. The molecule has 0 aliphatic rings. The first-order valence-electron chi connectivity index (χ1n) is 6.47. The average molecular weight is 282 g/mol. The van der Waals surface area contributed by atoms with E-state index < -0.39 is 5.97 Å². The summed E-state index contributed by atoms with van der Waals surface area (Å²) in [6, 6.07) is 9.38. The number of carbonyl (C=O) groups is 1. The Kier molecular flexibility index (Phi) is 3.27. The Labute approximate surface area is 121 Å². The van der Waals surface area contributed by atoms with E-state index >= 15 is 0 Å². The van der Waals surface area contributed by atoms with E-state index in [4.69, 9.17) is 5.11 Å². The highest BCUT2D eigenvalue weighted by Gasteiger charge is 2.09. The van der Waals surface area contributed by atoms with Gasteiger partial charge in [0.25, 0.3) is 0 Å². The number of aryl methyl sites for hydroxylation is 1. The summed E-state index contributed by atoms with van der Waals surface area (Å²) in [5, 5.41) is 15.4. The molecule has 0 aliphatic carbocycles. The van der Waals surface area contributed by atoms with Crippen LogP contribution in [0.3, 0.4) is 0 Å². The number of carboxylic acid groups (broad SMARTS) is 1. The molecule has 0 aliphatic heterocycles. The Morgan fingerprint density at radius 3 is 2.67 bits per heavy atom. The molecule has 0 spiro atoms. The van der Waals surface area contributed by atoms with Crippen molar-refractivity contribution in [3.8, 4) is 11.3 Å². The van der Waals surface area contributed by atoms with Gasteiger partial charge in [0, 0.05) is 31.4 Å². The van der Waals surface area contributed by atoms with E-state index in [-0.39, 0.29) is 5.69 Å². The van der Waals surface area contributed by atoms with Gasteiger partial charge in [0.15, 0.2) is 0 Å². The molecule has 2 N–H and O–H groups in total. The second-order valence-electron chi connectivity index (χ2n) is 4.80. The van der Waals surface area contributed by atoms with Crippen LogP contribution < -0.4 is 0 Å². The van der Waals surface area contributed by atoms with E-state index in [1.54, 1.807) is 6.20 Å². The highest BCUT2D eigenvalue weighted by Crippen LogP contribution is 2.19. The summed E-state index contributed by atoms with van der Waals surface area (Å²) in [5.74, 6) is -0.0177. The van der Waals surface area contributed by atoms with Gasteiger partial charge in [-0.15, -0.1) is 0 Å². The van der Waals surface area contributed by atoms with Crippen LogP contribution in [-0.4, -0.2) is 30.8 Å². The van der Waals surface area contributed by atoms with Gasteiger partial charge >= 0.3 is 5.97 Å². The smallest absolute Gasteiger partial charge is 0.353 e. The first-order valence-corrected chi connectivity index (χ1v) is 6.47. The lowest BCUT2D eigenvalue weighted by molar-refractivity contribution is 0.0690. The summed E-state index contributed by atoms with van der Waals surface area (Å²) in [4.78, 5) is 15.1. The SMILES string of the molecule is Cn1ccnc1Cc1ccc(-c2cc(C(=O)O)[nH]n2)cc1. The third-order valence-corrected chi connectivity index (χ3v) is 3.34. The molecule has 1 aromatic carbocycles. The Morgan fingerprint density at radius 1 is 1.33 bits per heavy atom. The fourth-order valence-electron chi connectivity index (χ4n) is 2.12. The number of aromatic amines is 1. The van der Waals surface area contributed by atoms with E-state index in [1.165, 1.54) is 6.07 Å². The molecule has 0 bridgehead atoms. The lowest BCUT2D eigenvalue weighted by Crippen LogP contribution is -1.98. The van der Waals surface area contributed by atoms with Crippen LogP contribution in [0.4, 0.5) is 0 Å². The summed E-state index contributed by atoms with van der Waals surface area (Å²) in [6.45, 7) is 0. The van der Waals surface area contributed by atoms with Gasteiger partial charge in [-0.1, -0.05) is 24.3 Å². The first kappa shape index (κ1) is 13.1. The summed E-state index contributed by atoms with van der Waals surface area (Å²) in [7, 11) is 1.97. The molecule has 106 valence electrons. The topological polar surface area (TPSA) is 83.8 Å². The number of aromatic nitrogens is 4. The predicted molar refractivity (Wildman–Crippen MR) is 77.0 cm³/mol. The molecule has 21 heavy (non-hydrogen) atoms. The second kappa shape index (κ2) is 5.24. The largest absolute Gasteiger partial charge is 0.477 e. The van der Waals surface area contributed by atoms with Crippen molar-refractivity contribution >= 4 is 5.97 Å². The minimum atomic E-state index is -1.01. The second-order valence-corrected chi connectivity index (χ2v) is 4.80. The molecule has 0 amide bonds. The normalized spacial score (nSPS) is 10.7. The number of imidazole rings is 1. The molecule has 2 aromatic heterocycles. The van der Waals surface area contributed by atoms with Crippen LogP contribution in [0.25, 0.3) is 11.3 Å². The van der Waals surface area contributed by atoms with Crippen molar-refractivity contribution in [3.63, 3.8) is 0 Å². The van der Waals surface area contributed by atoms with Gasteiger partial charge in [0.05, 0.1) is 5.69 Å². The maximum Gasteiger partial charge on any atom is 0.353 e.